The lowest BCUT2D eigenvalue weighted by Crippen LogP contribution is -2.48. The maximum Gasteiger partial charge on any atom is 0.221 e. The summed E-state index contributed by atoms with van der Waals surface area (Å²) in [6.45, 7) is 3.24. The number of rotatable bonds is 6. The van der Waals surface area contributed by atoms with E-state index in [4.69, 9.17) is 9.47 Å². The summed E-state index contributed by atoms with van der Waals surface area (Å²) >= 11 is 0. The van der Waals surface area contributed by atoms with Gasteiger partial charge in [0.2, 0.25) is 5.91 Å². The number of nitrogens with one attached hydrogen (secondary N) is 2. The van der Waals surface area contributed by atoms with Gasteiger partial charge in [-0.1, -0.05) is 0 Å². The van der Waals surface area contributed by atoms with E-state index in [-0.39, 0.29) is 23.0 Å². The van der Waals surface area contributed by atoms with Gasteiger partial charge in [-0.15, -0.1) is 0 Å². The topological polar surface area (TPSA) is 93.7 Å². The van der Waals surface area contributed by atoms with Gasteiger partial charge in [-0.05, 0) is 12.1 Å². The molecule has 1 aromatic carbocycles. The highest BCUT2D eigenvalue weighted by Gasteiger charge is 2.21. The van der Waals surface area contributed by atoms with Gasteiger partial charge in [-0.3, -0.25) is 4.79 Å². The van der Waals surface area contributed by atoms with Crippen molar-refractivity contribution in [2.75, 3.05) is 38.6 Å². The van der Waals surface area contributed by atoms with Crippen LogP contribution in [0.2, 0.25) is 0 Å². The first-order chi connectivity index (χ1) is 11.0. The summed E-state index contributed by atoms with van der Waals surface area (Å²) < 4.78 is 35.4. The van der Waals surface area contributed by atoms with Gasteiger partial charge in [0.25, 0.3) is 0 Å². The maximum absolute atomic E-state index is 12.3. The molecule has 2 aliphatic rings. The highest BCUT2D eigenvalue weighted by molar-refractivity contribution is 7.91. The molecule has 1 saturated heterocycles. The van der Waals surface area contributed by atoms with E-state index >= 15 is 0 Å². The standard InChI is InChI=1S/C15H20N2O5S/c18-15(17-10-11-8-16-9-11)3-6-23(19,20)12-1-2-13-14(7-12)22-5-4-21-13/h1-2,7,11,16H,3-6,8-10H2,(H,17,18). The number of carbonyl (C=O) groups is 1. The van der Waals surface area contributed by atoms with Crippen molar-refractivity contribution in [3.63, 3.8) is 0 Å². The molecule has 3 rings (SSSR count). The summed E-state index contributed by atoms with van der Waals surface area (Å²) in [6.07, 6.45) is -0.0447. The number of amides is 1. The summed E-state index contributed by atoms with van der Waals surface area (Å²) in [6, 6.07) is 4.54. The number of hydrogen-bond acceptors (Lipinski definition) is 6. The van der Waals surface area contributed by atoms with Gasteiger partial charge in [0.15, 0.2) is 21.3 Å². The summed E-state index contributed by atoms with van der Waals surface area (Å²) in [5.41, 5.74) is 0. The number of sulfone groups is 1. The van der Waals surface area contributed by atoms with Gasteiger partial charge in [-0.2, -0.15) is 0 Å². The molecule has 1 aromatic rings. The van der Waals surface area contributed by atoms with Crippen LogP contribution in [0.3, 0.4) is 0 Å². The normalized spacial score (nSPS) is 17.4. The Labute approximate surface area is 135 Å². The van der Waals surface area contributed by atoms with Crippen molar-refractivity contribution in [2.24, 2.45) is 5.92 Å². The molecule has 0 aromatic heterocycles. The molecule has 1 fully saturated rings. The Morgan fingerprint density at radius 2 is 1.96 bits per heavy atom. The fourth-order valence-corrected chi connectivity index (χ4v) is 3.65. The fourth-order valence-electron chi connectivity index (χ4n) is 2.40. The molecule has 0 aliphatic carbocycles. The lowest BCUT2D eigenvalue weighted by atomic mass is 10.0. The molecule has 0 spiro atoms. The molecule has 0 unspecified atom stereocenters. The molecule has 7 nitrogen and oxygen atoms in total. The van der Waals surface area contributed by atoms with Crippen LogP contribution in [0.4, 0.5) is 0 Å². The van der Waals surface area contributed by atoms with E-state index in [0.29, 0.717) is 37.2 Å². The van der Waals surface area contributed by atoms with E-state index in [1.807, 2.05) is 0 Å². The third-order valence-corrected chi connectivity index (χ3v) is 5.64. The first-order valence-electron chi connectivity index (χ1n) is 7.64. The molecule has 2 N–H and O–H groups in total. The minimum absolute atomic E-state index is 0.0447. The van der Waals surface area contributed by atoms with Crippen molar-refractivity contribution in [1.82, 2.24) is 10.6 Å². The molecule has 2 heterocycles. The van der Waals surface area contributed by atoms with Crippen LogP contribution in [0.1, 0.15) is 6.42 Å². The summed E-state index contributed by atoms with van der Waals surface area (Å²) in [4.78, 5) is 11.9. The van der Waals surface area contributed by atoms with Crippen molar-refractivity contribution in [1.29, 1.82) is 0 Å². The van der Waals surface area contributed by atoms with Crippen LogP contribution in [-0.4, -0.2) is 52.9 Å². The van der Waals surface area contributed by atoms with Crippen LogP contribution >= 0.6 is 0 Å². The van der Waals surface area contributed by atoms with Crippen LogP contribution in [0.5, 0.6) is 11.5 Å². The molecule has 0 atom stereocenters. The number of hydrogen-bond donors (Lipinski definition) is 2. The minimum Gasteiger partial charge on any atom is -0.486 e. The van der Waals surface area contributed by atoms with Crippen LogP contribution < -0.4 is 20.1 Å². The monoisotopic (exact) mass is 340 g/mol. The lowest BCUT2D eigenvalue weighted by molar-refractivity contribution is -0.120. The van der Waals surface area contributed by atoms with Gasteiger partial charge in [0.1, 0.15) is 13.2 Å². The minimum atomic E-state index is -3.53. The Kier molecular flexibility index (Phi) is 4.72. The third-order valence-electron chi connectivity index (χ3n) is 3.92. The van der Waals surface area contributed by atoms with Crippen molar-refractivity contribution < 1.29 is 22.7 Å². The van der Waals surface area contributed by atoms with Crippen LogP contribution in [-0.2, 0) is 14.6 Å². The SMILES string of the molecule is O=C(CCS(=O)(=O)c1ccc2c(c1)OCCO2)NCC1CNC1. The van der Waals surface area contributed by atoms with E-state index in [1.165, 1.54) is 12.1 Å². The second-order valence-electron chi connectivity index (χ2n) is 5.70. The molecule has 0 saturated carbocycles. The molecule has 2 aliphatic heterocycles. The Bertz CT molecular complexity index is 685. The Balaban J connectivity index is 1.56. The molecule has 126 valence electrons. The number of ether oxygens (including phenoxy) is 2. The third kappa shape index (κ3) is 3.94. The van der Waals surface area contributed by atoms with Crippen molar-refractivity contribution in [3.8, 4) is 11.5 Å². The Hall–Kier alpha value is -1.80. The first-order valence-corrected chi connectivity index (χ1v) is 9.30. The molecular formula is C15H20N2O5S. The fraction of sp³-hybridized carbons (Fsp3) is 0.533. The predicted molar refractivity (Wildman–Crippen MR) is 83.5 cm³/mol. The number of fused-ring (bicyclic) bond motifs is 1. The highest BCUT2D eigenvalue weighted by Crippen LogP contribution is 2.32. The zero-order valence-corrected chi connectivity index (χ0v) is 13.5. The number of carbonyl (C=O) groups excluding carboxylic acids is 1. The van der Waals surface area contributed by atoms with Gasteiger partial charge < -0.3 is 20.1 Å². The summed E-state index contributed by atoms with van der Waals surface area (Å²) in [7, 11) is -3.53. The van der Waals surface area contributed by atoms with Gasteiger partial charge in [0, 0.05) is 38.0 Å². The Morgan fingerprint density at radius 3 is 2.65 bits per heavy atom. The zero-order valence-electron chi connectivity index (χ0n) is 12.7. The molecule has 0 radical (unpaired) electrons. The van der Waals surface area contributed by atoms with E-state index in [1.54, 1.807) is 6.07 Å². The molecule has 23 heavy (non-hydrogen) atoms. The van der Waals surface area contributed by atoms with Crippen LogP contribution in [0.15, 0.2) is 23.1 Å². The lowest BCUT2D eigenvalue weighted by Gasteiger charge is -2.27. The summed E-state index contributed by atoms with van der Waals surface area (Å²) in [5.74, 6) is 0.967. The second kappa shape index (κ2) is 6.76. The van der Waals surface area contributed by atoms with Crippen molar-refractivity contribution in [2.45, 2.75) is 11.3 Å². The first kappa shape index (κ1) is 16.1. The number of benzene rings is 1. The summed E-state index contributed by atoms with van der Waals surface area (Å²) in [5, 5.41) is 5.89. The second-order valence-corrected chi connectivity index (χ2v) is 7.81. The van der Waals surface area contributed by atoms with Gasteiger partial charge in [-0.25, -0.2) is 8.42 Å². The van der Waals surface area contributed by atoms with Crippen molar-refractivity contribution in [3.05, 3.63) is 18.2 Å². The molecule has 0 bridgehead atoms. The van der Waals surface area contributed by atoms with E-state index in [2.05, 4.69) is 10.6 Å². The average Bonchev–Trinajstić information content (AvgIpc) is 2.51. The predicted octanol–water partition coefficient (Wildman–Crippen LogP) is -0.0428. The van der Waals surface area contributed by atoms with Crippen LogP contribution in [0, 0.1) is 5.92 Å². The zero-order chi connectivity index (χ0) is 16.3. The molecule has 8 heteroatoms. The highest BCUT2D eigenvalue weighted by atomic mass is 32.2. The van der Waals surface area contributed by atoms with Crippen molar-refractivity contribution >= 4 is 15.7 Å². The smallest absolute Gasteiger partial charge is 0.221 e. The van der Waals surface area contributed by atoms with E-state index < -0.39 is 9.84 Å². The molecular weight excluding hydrogens is 320 g/mol. The average molecular weight is 340 g/mol. The van der Waals surface area contributed by atoms with E-state index in [0.717, 1.165) is 13.1 Å². The molecule has 1 amide bonds. The van der Waals surface area contributed by atoms with E-state index in [9.17, 15) is 13.2 Å². The Morgan fingerprint density at radius 1 is 1.22 bits per heavy atom. The van der Waals surface area contributed by atoms with Gasteiger partial charge in [0.05, 0.1) is 10.6 Å². The quantitative estimate of drug-likeness (QED) is 0.755. The largest absolute Gasteiger partial charge is 0.486 e. The maximum atomic E-state index is 12.3. The van der Waals surface area contributed by atoms with Crippen LogP contribution in [0.25, 0.3) is 0 Å². The van der Waals surface area contributed by atoms with Gasteiger partial charge >= 0.3 is 0 Å².